The van der Waals surface area contributed by atoms with Crippen molar-refractivity contribution >= 4 is 17.8 Å². The van der Waals surface area contributed by atoms with Gasteiger partial charge in [-0.15, -0.1) is 0 Å². The van der Waals surface area contributed by atoms with Crippen molar-refractivity contribution < 1.29 is 24.2 Å². The van der Waals surface area contributed by atoms with E-state index < -0.39 is 23.7 Å². The minimum absolute atomic E-state index is 0.0491. The average molecular weight is 321 g/mol. The van der Waals surface area contributed by atoms with Gasteiger partial charge in [-0.05, 0) is 33.6 Å². The Bertz CT molecular complexity index is 548. The lowest BCUT2D eigenvalue weighted by Gasteiger charge is -2.21. The molecule has 6 nitrogen and oxygen atoms in total. The first-order valence-electron chi connectivity index (χ1n) is 7.49. The fraction of sp³-hybridized carbons (Fsp3) is 0.471. The van der Waals surface area contributed by atoms with Gasteiger partial charge < -0.3 is 15.2 Å². The van der Waals surface area contributed by atoms with E-state index in [2.05, 4.69) is 5.32 Å². The average Bonchev–Trinajstić information content (AvgIpc) is 2.44. The Hall–Kier alpha value is -2.37. The Kier molecular flexibility index (Phi) is 6.75. The van der Waals surface area contributed by atoms with Gasteiger partial charge in [-0.3, -0.25) is 4.79 Å². The van der Waals surface area contributed by atoms with E-state index in [1.165, 1.54) is 0 Å². The van der Waals surface area contributed by atoms with Gasteiger partial charge in [0.05, 0.1) is 0 Å². The number of carbonyl (C=O) groups excluding carboxylic acids is 2. The smallest absolute Gasteiger partial charge is 0.408 e. The zero-order chi connectivity index (χ0) is 17.5. The maximum absolute atomic E-state index is 11.9. The van der Waals surface area contributed by atoms with Gasteiger partial charge in [-0.1, -0.05) is 30.3 Å². The topological polar surface area (TPSA) is 92.7 Å². The fourth-order valence-corrected chi connectivity index (χ4v) is 1.94. The van der Waals surface area contributed by atoms with E-state index in [1.54, 1.807) is 45.0 Å². The number of carboxylic acid groups (broad SMARTS) is 1. The van der Waals surface area contributed by atoms with Crippen LogP contribution >= 0.6 is 0 Å². The Balaban J connectivity index is 2.46. The number of amides is 1. The molecule has 1 aromatic carbocycles. The van der Waals surface area contributed by atoms with Gasteiger partial charge in [-0.2, -0.15) is 0 Å². The summed E-state index contributed by atoms with van der Waals surface area (Å²) in [5, 5.41) is 11.5. The molecule has 0 aliphatic heterocycles. The predicted molar refractivity (Wildman–Crippen MR) is 85.4 cm³/mol. The second-order valence-corrected chi connectivity index (χ2v) is 6.22. The summed E-state index contributed by atoms with van der Waals surface area (Å²) in [5.74, 6) is -1.20. The molecule has 0 aliphatic carbocycles. The highest BCUT2D eigenvalue weighted by atomic mass is 16.6. The number of aliphatic carboxylic acids is 1. The fourth-order valence-electron chi connectivity index (χ4n) is 1.94. The van der Waals surface area contributed by atoms with E-state index in [0.29, 0.717) is 12.0 Å². The molecule has 1 amide bonds. The van der Waals surface area contributed by atoms with Gasteiger partial charge in [0, 0.05) is 12.0 Å². The molecule has 1 unspecified atom stereocenters. The normalized spacial score (nSPS) is 12.3. The summed E-state index contributed by atoms with van der Waals surface area (Å²) < 4.78 is 5.03. The van der Waals surface area contributed by atoms with Crippen LogP contribution in [0, 0.1) is 0 Å². The number of alkyl carbamates (subject to hydrolysis) is 1. The van der Waals surface area contributed by atoms with Gasteiger partial charge in [-0.25, -0.2) is 9.59 Å². The largest absolute Gasteiger partial charge is 0.480 e. The molecule has 0 aromatic heterocycles. The van der Waals surface area contributed by atoms with E-state index in [1.807, 2.05) is 6.07 Å². The van der Waals surface area contributed by atoms with Crippen LogP contribution in [-0.4, -0.2) is 34.6 Å². The molecule has 0 saturated carbocycles. The third kappa shape index (κ3) is 7.44. The number of hydrogen-bond acceptors (Lipinski definition) is 4. The highest BCUT2D eigenvalue weighted by Crippen LogP contribution is 2.10. The van der Waals surface area contributed by atoms with Crippen molar-refractivity contribution in [3.8, 4) is 0 Å². The first-order chi connectivity index (χ1) is 10.7. The van der Waals surface area contributed by atoms with Gasteiger partial charge in [0.2, 0.25) is 0 Å². The Morgan fingerprint density at radius 2 is 1.78 bits per heavy atom. The molecule has 6 heteroatoms. The lowest BCUT2D eigenvalue weighted by Crippen LogP contribution is -2.43. The molecule has 0 spiro atoms. The van der Waals surface area contributed by atoms with Crippen molar-refractivity contribution in [2.75, 3.05) is 0 Å². The lowest BCUT2D eigenvalue weighted by molar-refractivity contribution is -0.139. The van der Waals surface area contributed by atoms with Crippen LogP contribution in [0.4, 0.5) is 4.79 Å². The molecular weight excluding hydrogens is 298 g/mol. The lowest BCUT2D eigenvalue weighted by atomic mass is 10.0. The molecule has 23 heavy (non-hydrogen) atoms. The van der Waals surface area contributed by atoms with E-state index >= 15 is 0 Å². The summed E-state index contributed by atoms with van der Waals surface area (Å²) in [6, 6.07) is 7.73. The molecular formula is C17H23NO5. The minimum Gasteiger partial charge on any atom is -0.480 e. The number of rotatable bonds is 7. The van der Waals surface area contributed by atoms with Crippen molar-refractivity contribution in [3.05, 3.63) is 35.9 Å². The van der Waals surface area contributed by atoms with E-state index in [0.717, 1.165) is 0 Å². The highest BCUT2D eigenvalue weighted by Gasteiger charge is 2.23. The van der Waals surface area contributed by atoms with Crippen LogP contribution in [0.3, 0.4) is 0 Å². The predicted octanol–water partition coefficient (Wildman–Crippen LogP) is 3.02. The third-order valence-corrected chi connectivity index (χ3v) is 2.98. The first-order valence-corrected chi connectivity index (χ1v) is 7.49. The molecule has 0 saturated heterocycles. The van der Waals surface area contributed by atoms with E-state index in [4.69, 9.17) is 9.84 Å². The molecule has 0 radical (unpaired) electrons. The molecule has 1 rings (SSSR count). The van der Waals surface area contributed by atoms with Crippen LogP contribution in [-0.2, 0) is 9.53 Å². The zero-order valence-electron chi connectivity index (χ0n) is 13.7. The quantitative estimate of drug-likeness (QED) is 0.753. The molecule has 0 aliphatic rings. The van der Waals surface area contributed by atoms with Gasteiger partial charge in [0.15, 0.2) is 5.78 Å². The summed E-state index contributed by atoms with van der Waals surface area (Å²) in [6.07, 6.45) is -0.0310. The zero-order valence-corrected chi connectivity index (χ0v) is 13.7. The SMILES string of the molecule is CC(C)(C)OC(=O)NC(CCCC(=O)c1ccccc1)C(=O)O. The second-order valence-electron chi connectivity index (χ2n) is 6.22. The highest BCUT2D eigenvalue weighted by molar-refractivity contribution is 5.96. The van der Waals surface area contributed by atoms with Crippen molar-refractivity contribution in [2.24, 2.45) is 0 Å². The maximum atomic E-state index is 11.9. The number of Topliss-reactive ketones (excluding diaryl/α,β-unsaturated/α-hetero) is 1. The minimum atomic E-state index is -1.15. The van der Waals surface area contributed by atoms with Crippen LogP contribution in [0.15, 0.2) is 30.3 Å². The van der Waals surface area contributed by atoms with Crippen molar-refractivity contribution in [1.82, 2.24) is 5.32 Å². The van der Waals surface area contributed by atoms with Crippen molar-refractivity contribution in [3.63, 3.8) is 0 Å². The van der Waals surface area contributed by atoms with E-state index in [-0.39, 0.29) is 18.6 Å². The molecule has 1 aromatic rings. The Morgan fingerprint density at radius 1 is 1.17 bits per heavy atom. The number of ketones is 1. The van der Waals surface area contributed by atoms with Crippen LogP contribution in [0.25, 0.3) is 0 Å². The third-order valence-electron chi connectivity index (χ3n) is 2.98. The molecule has 1 atom stereocenters. The van der Waals surface area contributed by atoms with E-state index in [9.17, 15) is 14.4 Å². The summed E-state index contributed by atoms with van der Waals surface area (Å²) in [5.41, 5.74) is -0.101. The Morgan fingerprint density at radius 3 is 2.30 bits per heavy atom. The number of nitrogens with one attached hydrogen (secondary N) is 1. The van der Waals surface area contributed by atoms with Gasteiger partial charge >= 0.3 is 12.1 Å². The van der Waals surface area contributed by atoms with Gasteiger partial charge in [0.25, 0.3) is 0 Å². The Labute approximate surface area is 135 Å². The number of carbonyl (C=O) groups is 3. The summed E-state index contributed by atoms with van der Waals surface area (Å²) in [6.45, 7) is 5.09. The first kappa shape index (κ1) is 18.7. The number of benzene rings is 1. The number of carboxylic acids is 1. The summed E-state index contributed by atoms with van der Waals surface area (Å²) in [4.78, 5) is 34.8. The molecule has 2 N–H and O–H groups in total. The van der Waals surface area contributed by atoms with Crippen LogP contribution < -0.4 is 5.32 Å². The maximum Gasteiger partial charge on any atom is 0.408 e. The summed E-state index contributed by atoms with van der Waals surface area (Å²) in [7, 11) is 0. The second kappa shape index (κ2) is 8.31. The van der Waals surface area contributed by atoms with Crippen LogP contribution in [0.2, 0.25) is 0 Å². The standard InChI is InChI=1S/C17H23NO5/c1-17(2,3)23-16(22)18-13(15(20)21)10-7-11-14(19)12-8-5-4-6-9-12/h4-6,8-9,13H,7,10-11H2,1-3H3,(H,18,22)(H,20,21). The molecule has 0 heterocycles. The molecule has 0 bridgehead atoms. The summed E-state index contributed by atoms with van der Waals surface area (Å²) >= 11 is 0. The van der Waals surface area contributed by atoms with Crippen molar-refractivity contribution in [2.45, 2.75) is 51.7 Å². The number of hydrogen-bond donors (Lipinski definition) is 2. The van der Waals surface area contributed by atoms with Crippen LogP contribution in [0.5, 0.6) is 0 Å². The molecule has 126 valence electrons. The van der Waals surface area contributed by atoms with Crippen molar-refractivity contribution in [1.29, 1.82) is 0 Å². The monoisotopic (exact) mass is 321 g/mol. The van der Waals surface area contributed by atoms with Crippen LogP contribution in [0.1, 0.15) is 50.4 Å². The molecule has 0 fully saturated rings. The van der Waals surface area contributed by atoms with Gasteiger partial charge in [0.1, 0.15) is 11.6 Å². The number of ether oxygens (including phenoxy) is 1.